The minimum Gasteiger partial charge on any atom is -0.487 e. The van der Waals surface area contributed by atoms with Gasteiger partial charge in [0.05, 0.1) is 0 Å². The van der Waals surface area contributed by atoms with E-state index in [0.717, 1.165) is 11.4 Å². The Morgan fingerprint density at radius 3 is 2.54 bits per heavy atom. The van der Waals surface area contributed by atoms with Gasteiger partial charge in [-0.3, -0.25) is 0 Å². The predicted octanol–water partition coefficient (Wildman–Crippen LogP) is 2.24. The highest BCUT2D eigenvalue weighted by atomic mass is 16.5. The Bertz CT molecular complexity index is 287. The molecule has 0 atom stereocenters. The summed E-state index contributed by atoms with van der Waals surface area (Å²) in [6, 6.07) is 7.92. The Balaban J connectivity index is 2.51. The first-order valence-electron chi connectivity index (χ1n) is 4.32. The number of rotatable bonds is 3. The quantitative estimate of drug-likeness (QED) is 0.768. The van der Waals surface area contributed by atoms with Gasteiger partial charge in [-0.2, -0.15) is 0 Å². The maximum Gasteiger partial charge on any atom is 0.127 e. The van der Waals surface area contributed by atoms with E-state index in [2.05, 4.69) is 0 Å². The second-order valence-electron chi connectivity index (χ2n) is 2.97. The second-order valence-corrected chi connectivity index (χ2v) is 2.97. The number of aryl methyl sites for hydroxylation is 1. The molecule has 0 fully saturated rings. The van der Waals surface area contributed by atoms with Crippen molar-refractivity contribution in [2.24, 2.45) is 5.73 Å². The standard InChI is InChI=1S/C11H15NO/c1-3-10(12)8-13-11-6-4-9(2)5-7-11/h3-7H,8,12H2,1-2H3/b10-3-. The van der Waals surface area contributed by atoms with Crippen molar-refractivity contribution >= 4 is 0 Å². The Kier molecular flexibility index (Phi) is 3.38. The van der Waals surface area contributed by atoms with Crippen molar-refractivity contribution in [1.29, 1.82) is 0 Å². The molecule has 0 amide bonds. The summed E-state index contributed by atoms with van der Waals surface area (Å²) < 4.78 is 5.42. The molecule has 13 heavy (non-hydrogen) atoms. The largest absolute Gasteiger partial charge is 0.487 e. The molecule has 0 bridgehead atoms. The van der Waals surface area contributed by atoms with Crippen molar-refractivity contribution in [1.82, 2.24) is 0 Å². The van der Waals surface area contributed by atoms with Gasteiger partial charge >= 0.3 is 0 Å². The lowest BCUT2D eigenvalue weighted by molar-refractivity contribution is 0.350. The third kappa shape index (κ3) is 3.20. The van der Waals surface area contributed by atoms with Gasteiger partial charge in [-0.15, -0.1) is 0 Å². The fourth-order valence-corrected chi connectivity index (χ4v) is 0.884. The van der Waals surface area contributed by atoms with Crippen molar-refractivity contribution in [2.45, 2.75) is 13.8 Å². The lowest BCUT2D eigenvalue weighted by atomic mass is 10.2. The zero-order valence-electron chi connectivity index (χ0n) is 8.08. The van der Waals surface area contributed by atoms with Crippen LogP contribution >= 0.6 is 0 Å². The summed E-state index contributed by atoms with van der Waals surface area (Å²) in [4.78, 5) is 0. The monoisotopic (exact) mass is 177 g/mol. The fourth-order valence-electron chi connectivity index (χ4n) is 0.884. The van der Waals surface area contributed by atoms with Crippen molar-refractivity contribution in [3.8, 4) is 5.75 Å². The van der Waals surface area contributed by atoms with E-state index in [9.17, 15) is 0 Å². The van der Waals surface area contributed by atoms with Crippen LogP contribution in [0.5, 0.6) is 5.75 Å². The molecule has 1 aromatic rings. The van der Waals surface area contributed by atoms with Crippen LogP contribution in [0.3, 0.4) is 0 Å². The molecule has 0 aliphatic carbocycles. The molecule has 0 heterocycles. The highest BCUT2D eigenvalue weighted by molar-refractivity contribution is 5.26. The zero-order chi connectivity index (χ0) is 9.68. The van der Waals surface area contributed by atoms with Crippen LogP contribution in [0, 0.1) is 6.92 Å². The average molecular weight is 177 g/mol. The second kappa shape index (κ2) is 4.55. The van der Waals surface area contributed by atoms with E-state index in [1.54, 1.807) is 0 Å². The zero-order valence-corrected chi connectivity index (χ0v) is 8.08. The summed E-state index contributed by atoms with van der Waals surface area (Å²) in [5, 5.41) is 0. The molecule has 0 saturated carbocycles. The van der Waals surface area contributed by atoms with Crippen molar-refractivity contribution < 1.29 is 4.74 Å². The minimum atomic E-state index is 0.458. The number of allylic oxidation sites excluding steroid dienone is 1. The molecule has 1 aromatic carbocycles. The topological polar surface area (TPSA) is 35.2 Å². The number of nitrogens with two attached hydrogens (primary N) is 1. The first kappa shape index (κ1) is 9.65. The van der Waals surface area contributed by atoms with Crippen LogP contribution in [0.4, 0.5) is 0 Å². The maximum atomic E-state index is 5.59. The maximum absolute atomic E-state index is 5.59. The van der Waals surface area contributed by atoms with Crippen LogP contribution in [0.25, 0.3) is 0 Å². The molecular formula is C11H15NO. The van der Waals surface area contributed by atoms with E-state index in [0.29, 0.717) is 6.61 Å². The smallest absolute Gasteiger partial charge is 0.127 e. The fraction of sp³-hybridized carbons (Fsp3) is 0.273. The lowest BCUT2D eigenvalue weighted by Crippen LogP contribution is -2.08. The van der Waals surface area contributed by atoms with Crippen LogP contribution in [0.15, 0.2) is 36.0 Å². The Labute approximate surface area is 79.0 Å². The molecule has 2 nitrogen and oxygen atoms in total. The van der Waals surface area contributed by atoms with Gasteiger partial charge in [0.1, 0.15) is 12.4 Å². The minimum absolute atomic E-state index is 0.458. The van der Waals surface area contributed by atoms with Gasteiger partial charge in [0, 0.05) is 5.70 Å². The summed E-state index contributed by atoms with van der Waals surface area (Å²) in [5.74, 6) is 0.857. The number of hydrogen-bond donors (Lipinski definition) is 1. The van der Waals surface area contributed by atoms with Crippen molar-refractivity contribution in [2.75, 3.05) is 6.61 Å². The summed E-state index contributed by atoms with van der Waals surface area (Å²) in [7, 11) is 0. The van der Waals surface area contributed by atoms with Crippen LogP contribution in [0.2, 0.25) is 0 Å². The molecule has 0 aliphatic rings. The molecule has 0 aromatic heterocycles. The molecule has 0 aliphatic heterocycles. The summed E-state index contributed by atoms with van der Waals surface area (Å²) in [5.41, 5.74) is 7.57. The molecule has 2 heteroatoms. The van der Waals surface area contributed by atoms with Gasteiger partial charge in [-0.1, -0.05) is 23.8 Å². The van der Waals surface area contributed by atoms with Gasteiger partial charge in [-0.25, -0.2) is 0 Å². The van der Waals surface area contributed by atoms with Crippen LogP contribution < -0.4 is 10.5 Å². The van der Waals surface area contributed by atoms with E-state index >= 15 is 0 Å². The van der Waals surface area contributed by atoms with Crippen molar-refractivity contribution in [3.63, 3.8) is 0 Å². The Morgan fingerprint density at radius 1 is 1.38 bits per heavy atom. The number of benzene rings is 1. The average Bonchev–Trinajstić information content (AvgIpc) is 2.16. The lowest BCUT2D eigenvalue weighted by Gasteiger charge is -2.05. The van der Waals surface area contributed by atoms with E-state index in [1.165, 1.54) is 5.56 Å². The van der Waals surface area contributed by atoms with Gasteiger partial charge in [-0.05, 0) is 26.0 Å². The predicted molar refractivity (Wildman–Crippen MR) is 54.6 cm³/mol. The van der Waals surface area contributed by atoms with Crippen LogP contribution in [-0.2, 0) is 0 Å². The Hall–Kier alpha value is -1.44. The molecule has 1 rings (SSSR count). The summed E-state index contributed by atoms with van der Waals surface area (Å²) in [6.45, 7) is 4.40. The molecule has 2 N–H and O–H groups in total. The SMILES string of the molecule is C/C=C(\N)COc1ccc(C)cc1. The van der Waals surface area contributed by atoms with Crippen LogP contribution in [0.1, 0.15) is 12.5 Å². The first-order valence-corrected chi connectivity index (χ1v) is 4.32. The van der Waals surface area contributed by atoms with E-state index in [-0.39, 0.29) is 0 Å². The van der Waals surface area contributed by atoms with Gasteiger partial charge in [0.2, 0.25) is 0 Å². The molecule has 0 spiro atoms. The van der Waals surface area contributed by atoms with Gasteiger partial charge < -0.3 is 10.5 Å². The van der Waals surface area contributed by atoms with E-state index < -0.39 is 0 Å². The Morgan fingerprint density at radius 2 is 2.00 bits per heavy atom. The van der Waals surface area contributed by atoms with Gasteiger partial charge in [0.25, 0.3) is 0 Å². The van der Waals surface area contributed by atoms with Gasteiger partial charge in [0.15, 0.2) is 0 Å². The molecule has 70 valence electrons. The third-order valence-electron chi connectivity index (χ3n) is 1.80. The molecule has 0 unspecified atom stereocenters. The van der Waals surface area contributed by atoms with Crippen molar-refractivity contribution in [3.05, 3.63) is 41.6 Å². The molecule has 0 radical (unpaired) electrons. The highest BCUT2D eigenvalue weighted by Gasteiger charge is 1.93. The molecule has 0 saturated heterocycles. The van der Waals surface area contributed by atoms with E-state index in [1.807, 2.05) is 44.2 Å². The first-order chi connectivity index (χ1) is 6.22. The normalized spacial score (nSPS) is 11.4. The van der Waals surface area contributed by atoms with Crippen LogP contribution in [-0.4, -0.2) is 6.61 Å². The van der Waals surface area contributed by atoms with E-state index in [4.69, 9.17) is 10.5 Å². The summed E-state index contributed by atoms with van der Waals surface area (Å²) >= 11 is 0. The summed E-state index contributed by atoms with van der Waals surface area (Å²) in [6.07, 6.45) is 1.84. The number of hydrogen-bond acceptors (Lipinski definition) is 2. The molecular weight excluding hydrogens is 162 g/mol. The third-order valence-corrected chi connectivity index (χ3v) is 1.80. The highest BCUT2D eigenvalue weighted by Crippen LogP contribution is 2.11. The number of ether oxygens (including phenoxy) is 1.